The van der Waals surface area contributed by atoms with Crippen LogP contribution < -0.4 is 16.0 Å². The molecule has 1 heterocycles. The van der Waals surface area contributed by atoms with Crippen molar-refractivity contribution in [3.05, 3.63) is 122 Å². The van der Waals surface area contributed by atoms with E-state index < -0.39 is 17.2 Å². The van der Waals surface area contributed by atoms with Gasteiger partial charge in [-0.1, -0.05) is 48.5 Å². The lowest BCUT2D eigenvalue weighted by atomic mass is 10.1. The molecule has 4 rings (SSSR count). The fraction of sp³-hybridized carbons (Fsp3) is 0.214. The normalized spacial score (nSPS) is 10.8. The van der Waals surface area contributed by atoms with Gasteiger partial charge in [0.1, 0.15) is 5.75 Å². The molecule has 0 atom stereocenters. The fourth-order valence-corrected chi connectivity index (χ4v) is 3.88. The zero-order valence-corrected chi connectivity index (χ0v) is 20.8. The highest BCUT2D eigenvalue weighted by molar-refractivity contribution is 5.91. The number of aromatic nitrogens is 3. The number of hydrogen-bond acceptors (Lipinski definition) is 5. The molecule has 0 N–H and O–H groups in total. The molecule has 36 heavy (non-hydrogen) atoms. The molecule has 0 spiro atoms. The van der Waals surface area contributed by atoms with Gasteiger partial charge in [0.15, 0.2) is 0 Å². The number of hydrogen-bond donors (Lipinski definition) is 0. The molecule has 1 aromatic heterocycles. The Labute approximate surface area is 209 Å². The smallest absolute Gasteiger partial charge is 0.352 e. The topological polar surface area (TPSA) is 86.4 Å². The molecule has 4 aromatic rings. The molecule has 0 unspecified atom stereocenters. The molecule has 0 fully saturated rings. The van der Waals surface area contributed by atoms with Gasteiger partial charge in [-0.15, -0.1) is 0 Å². The number of carbonyl (C=O) groups is 1. The Kier molecular flexibility index (Phi) is 7.15. The first-order valence-corrected chi connectivity index (χ1v) is 11.5. The van der Waals surface area contributed by atoms with Crippen molar-refractivity contribution in [2.45, 2.75) is 26.9 Å². The summed E-state index contributed by atoms with van der Waals surface area (Å²) in [5.41, 5.74) is 2.38. The van der Waals surface area contributed by atoms with Gasteiger partial charge in [0.25, 0.3) is 11.5 Å². The van der Waals surface area contributed by atoms with Gasteiger partial charge < -0.3 is 9.64 Å². The second-order valence-electron chi connectivity index (χ2n) is 8.70. The predicted octanol–water partition coefficient (Wildman–Crippen LogP) is 3.34. The molecule has 0 saturated carbocycles. The Morgan fingerprint density at radius 2 is 1.64 bits per heavy atom. The number of methoxy groups -OCH3 is 1. The maximum Gasteiger partial charge on any atom is 0.352 e. The van der Waals surface area contributed by atoms with E-state index >= 15 is 0 Å². The number of benzene rings is 3. The lowest BCUT2D eigenvalue weighted by Crippen LogP contribution is -2.46. The van der Waals surface area contributed by atoms with Crippen LogP contribution in [0.1, 0.15) is 32.7 Å². The van der Waals surface area contributed by atoms with Gasteiger partial charge in [0, 0.05) is 13.6 Å². The van der Waals surface area contributed by atoms with Crippen molar-refractivity contribution in [2.24, 2.45) is 0 Å². The third-order valence-electron chi connectivity index (χ3n) is 6.08. The Morgan fingerprint density at radius 3 is 2.33 bits per heavy atom. The highest BCUT2D eigenvalue weighted by atomic mass is 16.5. The minimum atomic E-state index is -0.743. The van der Waals surface area contributed by atoms with Crippen molar-refractivity contribution in [1.29, 1.82) is 0 Å². The monoisotopic (exact) mass is 484 g/mol. The summed E-state index contributed by atoms with van der Waals surface area (Å²) < 4.78 is 7.44. The van der Waals surface area contributed by atoms with Crippen molar-refractivity contribution in [2.75, 3.05) is 14.2 Å². The summed E-state index contributed by atoms with van der Waals surface area (Å²) in [5, 5.41) is 4.27. The van der Waals surface area contributed by atoms with Crippen LogP contribution in [0.15, 0.2) is 82.4 Å². The van der Waals surface area contributed by atoms with Gasteiger partial charge >= 0.3 is 5.69 Å². The molecule has 0 bridgehead atoms. The first-order chi connectivity index (χ1) is 17.3. The SMILES string of the molecule is COc1cccc(Cn2c(=O)c(C(=O)N(C)Cc3ccccc3)nn(-c3ccc(C)c(C)c3)c2=O)c1. The van der Waals surface area contributed by atoms with E-state index in [0.717, 1.165) is 25.9 Å². The number of aryl methyl sites for hydroxylation is 2. The van der Waals surface area contributed by atoms with Crippen LogP contribution in [0.5, 0.6) is 5.75 Å². The molecular weight excluding hydrogens is 456 g/mol. The summed E-state index contributed by atoms with van der Waals surface area (Å²) >= 11 is 0. The zero-order valence-electron chi connectivity index (χ0n) is 20.8. The van der Waals surface area contributed by atoms with Gasteiger partial charge in [-0.3, -0.25) is 14.2 Å². The standard InChI is InChI=1S/C28H28N4O4/c1-19-13-14-23(15-20(19)2)32-28(35)31(18-22-11-8-12-24(16-22)36-4)27(34)25(29-32)26(33)30(3)17-21-9-6-5-7-10-21/h5-16H,17-18H2,1-4H3. The van der Waals surface area contributed by atoms with E-state index in [-0.39, 0.29) is 12.2 Å². The van der Waals surface area contributed by atoms with Gasteiger partial charge in [-0.25, -0.2) is 4.79 Å². The van der Waals surface area contributed by atoms with Crippen LogP contribution in [-0.4, -0.2) is 39.3 Å². The molecular formula is C28H28N4O4. The third-order valence-corrected chi connectivity index (χ3v) is 6.08. The molecule has 1 amide bonds. The molecule has 0 saturated heterocycles. The molecule has 8 nitrogen and oxygen atoms in total. The Morgan fingerprint density at radius 1 is 0.917 bits per heavy atom. The van der Waals surface area contributed by atoms with E-state index in [1.165, 1.54) is 4.90 Å². The lowest BCUT2D eigenvalue weighted by Gasteiger charge is -2.18. The fourth-order valence-electron chi connectivity index (χ4n) is 3.88. The Hall–Kier alpha value is -4.46. The van der Waals surface area contributed by atoms with Crippen molar-refractivity contribution in [3.63, 3.8) is 0 Å². The van der Waals surface area contributed by atoms with Crippen LogP contribution in [0.2, 0.25) is 0 Å². The van der Waals surface area contributed by atoms with Gasteiger partial charge in [0.05, 0.1) is 19.3 Å². The summed E-state index contributed by atoms with van der Waals surface area (Å²) in [6, 6.07) is 22.0. The Balaban J connectivity index is 1.84. The van der Waals surface area contributed by atoms with E-state index in [1.54, 1.807) is 44.5 Å². The Bertz CT molecular complexity index is 1520. The maximum absolute atomic E-state index is 13.5. The van der Waals surface area contributed by atoms with Gasteiger partial charge in [0.2, 0.25) is 5.69 Å². The van der Waals surface area contributed by atoms with Gasteiger partial charge in [-0.05, 0) is 60.4 Å². The summed E-state index contributed by atoms with van der Waals surface area (Å²) in [6.45, 7) is 4.15. The number of nitrogens with zero attached hydrogens (tertiary/aromatic N) is 4. The van der Waals surface area contributed by atoms with Crippen LogP contribution in [0.3, 0.4) is 0 Å². The van der Waals surface area contributed by atoms with Crippen molar-refractivity contribution in [3.8, 4) is 11.4 Å². The summed E-state index contributed by atoms with van der Waals surface area (Å²) in [5.74, 6) is 0.0313. The van der Waals surface area contributed by atoms with E-state index in [9.17, 15) is 14.4 Å². The minimum absolute atomic E-state index is 0.0368. The first-order valence-electron chi connectivity index (χ1n) is 11.5. The molecule has 184 valence electrons. The molecule has 0 aliphatic heterocycles. The molecule has 0 aliphatic rings. The summed E-state index contributed by atoms with van der Waals surface area (Å²) in [4.78, 5) is 41.8. The predicted molar refractivity (Wildman–Crippen MR) is 138 cm³/mol. The van der Waals surface area contributed by atoms with Crippen LogP contribution in [0, 0.1) is 13.8 Å². The van der Waals surface area contributed by atoms with Gasteiger partial charge in [-0.2, -0.15) is 9.78 Å². The van der Waals surface area contributed by atoms with Crippen LogP contribution in [0.4, 0.5) is 0 Å². The van der Waals surface area contributed by atoms with E-state index in [4.69, 9.17) is 4.74 Å². The third kappa shape index (κ3) is 5.12. The van der Waals surface area contributed by atoms with E-state index in [0.29, 0.717) is 23.5 Å². The number of amides is 1. The molecule has 3 aromatic carbocycles. The molecule has 0 radical (unpaired) electrons. The average molecular weight is 485 g/mol. The zero-order chi connectivity index (χ0) is 25.8. The second-order valence-corrected chi connectivity index (χ2v) is 8.70. The summed E-state index contributed by atoms with van der Waals surface area (Å²) in [6.07, 6.45) is 0. The van der Waals surface area contributed by atoms with Crippen LogP contribution >= 0.6 is 0 Å². The van der Waals surface area contributed by atoms with E-state index in [1.807, 2.05) is 56.3 Å². The van der Waals surface area contributed by atoms with Crippen LogP contribution in [0.25, 0.3) is 5.69 Å². The highest BCUT2D eigenvalue weighted by Gasteiger charge is 2.23. The highest BCUT2D eigenvalue weighted by Crippen LogP contribution is 2.14. The summed E-state index contributed by atoms with van der Waals surface area (Å²) in [7, 11) is 3.15. The van der Waals surface area contributed by atoms with Crippen LogP contribution in [-0.2, 0) is 13.1 Å². The van der Waals surface area contributed by atoms with E-state index in [2.05, 4.69) is 5.10 Å². The first kappa shape index (κ1) is 24.7. The molecule has 8 heteroatoms. The number of ether oxygens (including phenoxy) is 1. The number of rotatable bonds is 7. The second kappa shape index (κ2) is 10.4. The minimum Gasteiger partial charge on any atom is -0.497 e. The number of carbonyl (C=O) groups excluding carboxylic acids is 1. The van der Waals surface area contributed by atoms with Crippen molar-refractivity contribution in [1.82, 2.24) is 19.2 Å². The largest absolute Gasteiger partial charge is 0.497 e. The maximum atomic E-state index is 13.5. The quantitative estimate of drug-likeness (QED) is 0.402. The molecule has 0 aliphatic carbocycles. The average Bonchev–Trinajstić information content (AvgIpc) is 2.88. The van der Waals surface area contributed by atoms with Crippen molar-refractivity contribution >= 4 is 5.91 Å². The van der Waals surface area contributed by atoms with Crippen molar-refractivity contribution < 1.29 is 9.53 Å². The lowest BCUT2D eigenvalue weighted by molar-refractivity contribution is 0.0773.